The van der Waals surface area contributed by atoms with Crippen LogP contribution < -0.4 is 4.90 Å². The number of aromatic nitrogens is 1. The van der Waals surface area contributed by atoms with Crippen molar-refractivity contribution in [2.24, 2.45) is 0 Å². The van der Waals surface area contributed by atoms with Gasteiger partial charge < -0.3 is 14.2 Å². The zero-order valence-electron chi connectivity index (χ0n) is 14.0. The lowest BCUT2D eigenvalue weighted by Gasteiger charge is -2.23. The lowest BCUT2D eigenvalue weighted by molar-refractivity contribution is 0.0589. The van der Waals surface area contributed by atoms with E-state index >= 15 is 0 Å². The molecule has 1 atom stereocenters. The number of ether oxygens (including phenoxy) is 1. The molecule has 0 radical (unpaired) electrons. The summed E-state index contributed by atoms with van der Waals surface area (Å²) >= 11 is 1.47. The molecule has 1 amide bonds. The van der Waals surface area contributed by atoms with Gasteiger partial charge in [-0.3, -0.25) is 4.90 Å². The second-order valence-corrected chi connectivity index (χ2v) is 7.32. The highest BCUT2D eigenvalue weighted by Gasteiger charge is 2.29. The molecule has 0 saturated carbocycles. The fourth-order valence-electron chi connectivity index (χ4n) is 2.47. The maximum Gasteiger partial charge on any atom is 0.416 e. The van der Waals surface area contributed by atoms with Gasteiger partial charge in [-0.25, -0.2) is 9.78 Å². The number of nitrogens with zero attached hydrogens (tertiary/aromatic N) is 3. The van der Waals surface area contributed by atoms with E-state index < -0.39 is 5.60 Å². The van der Waals surface area contributed by atoms with Crippen LogP contribution >= 0.6 is 11.3 Å². The Bertz CT molecular complexity index is 518. The van der Waals surface area contributed by atoms with E-state index in [4.69, 9.17) is 9.39 Å². The first-order valence-electron chi connectivity index (χ1n) is 7.47. The van der Waals surface area contributed by atoms with Crippen molar-refractivity contribution in [2.45, 2.75) is 45.3 Å². The Labute approximate surface area is 136 Å². The van der Waals surface area contributed by atoms with Crippen molar-refractivity contribution < 1.29 is 14.2 Å². The molecule has 2 rings (SSSR count). The van der Waals surface area contributed by atoms with Crippen LogP contribution in [0.2, 0.25) is 0 Å². The first kappa shape index (κ1) is 17.2. The third-order valence-electron chi connectivity index (χ3n) is 3.46. The van der Waals surface area contributed by atoms with Crippen LogP contribution in [0.25, 0.3) is 0 Å². The van der Waals surface area contributed by atoms with Gasteiger partial charge in [0.1, 0.15) is 5.60 Å². The van der Waals surface area contributed by atoms with Crippen molar-refractivity contribution in [3.05, 3.63) is 11.1 Å². The summed E-state index contributed by atoms with van der Waals surface area (Å²) in [7, 11) is 4.01. The van der Waals surface area contributed by atoms with E-state index in [1.165, 1.54) is 16.2 Å². The van der Waals surface area contributed by atoms with Crippen LogP contribution in [0.1, 0.15) is 45.3 Å². The molecular formula is C14H24BN3O3S. The molecule has 0 bridgehead atoms. The highest BCUT2D eigenvalue weighted by Crippen LogP contribution is 2.33. The maximum absolute atomic E-state index is 12.1. The van der Waals surface area contributed by atoms with Crippen molar-refractivity contribution in [3.63, 3.8) is 0 Å². The monoisotopic (exact) mass is 325 g/mol. The minimum absolute atomic E-state index is 0.275. The average Bonchev–Trinajstić information content (AvgIpc) is 3.04. The number of rotatable bonds is 4. The van der Waals surface area contributed by atoms with Gasteiger partial charge in [0.2, 0.25) is 0 Å². The molecule has 2 heterocycles. The van der Waals surface area contributed by atoms with Crippen molar-refractivity contribution in [2.75, 3.05) is 25.6 Å². The van der Waals surface area contributed by atoms with Gasteiger partial charge in [-0.05, 0) is 40.2 Å². The molecule has 1 aliphatic rings. The highest BCUT2D eigenvalue weighted by atomic mass is 32.1. The van der Waals surface area contributed by atoms with E-state index in [9.17, 15) is 4.79 Å². The molecule has 1 saturated heterocycles. The summed E-state index contributed by atoms with van der Waals surface area (Å²) in [6.07, 6.45) is 1.83. The Morgan fingerprint density at radius 2 is 2.27 bits per heavy atom. The molecule has 1 aliphatic heterocycles. The number of carbonyl (C=O) groups is 1. The van der Waals surface area contributed by atoms with Gasteiger partial charge in [-0.1, -0.05) is 0 Å². The standard InChI is InChI=1S/C14H24BN3O3S/c1-14(2,3)21-13(19)17(4)12-16-10(9-22-12)11-7-6-8-18(11)15-20-5/h9,11,15H,6-8H2,1-5H3/t11-/m1/s1. The van der Waals surface area contributed by atoms with Gasteiger partial charge >= 0.3 is 13.7 Å². The minimum Gasteiger partial charge on any atom is -0.443 e. The summed E-state index contributed by atoms with van der Waals surface area (Å²) in [5, 5.41) is 2.68. The molecule has 0 unspecified atom stereocenters. The fraction of sp³-hybridized carbons (Fsp3) is 0.714. The van der Waals surface area contributed by atoms with E-state index in [-0.39, 0.29) is 12.1 Å². The summed E-state index contributed by atoms with van der Waals surface area (Å²) < 4.78 is 10.6. The largest absolute Gasteiger partial charge is 0.443 e. The van der Waals surface area contributed by atoms with E-state index in [1.807, 2.05) is 26.2 Å². The predicted octanol–water partition coefficient (Wildman–Crippen LogP) is 2.56. The predicted molar refractivity (Wildman–Crippen MR) is 89.6 cm³/mol. The highest BCUT2D eigenvalue weighted by molar-refractivity contribution is 7.14. The van der Waals surface area contributed by atoms with E-state index in [0.29, 0.717) is 12.7 Å². The molecule has 1 aromatic heterocycles. The molecule has 0 aromatic carbocycles. The number of hydrogen-bond acceptors (Lipinski definition) is 6. The zero-order chi connectivity index (χ0) is 16.3. The van der Waals surface area contributed by atoms with Gasteiger partial charge in [0.05, 0.1) is 5.69 Å². The van der Waals surface area contributed by atoms with Crippen LogP contribution in [-0.2, 0) is 9.39 Å². The van der Waals surface area contributed by atoms with Crippen molar-refractivity contribution in [1.29, 1.82) is 0 Å². The van der Waals surface area contributed by atoms with Crippen molar-refractivity contribution in [1.82, 2.24) is 9.79 Å². The lowest BCUT2D eigenvalue weighted by atomic mass is 10.1. The molecule has 0 spiro atoms. The lowest BCUT2D eigenvalue weighted by Crippen LogP contribution is -2.34. The molecule has 122 valence electrons. The summed E-state index contributed by atoms with van der Waals surface area (Å²) in [4.78, 5) is 20.5. The zero-order valence-corrected chi connectivity index (χ0v) is 14.8. The third kappa shape index (κ3) is 4.21. The quantitative estimate of drug-likeness (QED) is 0.797. The van der Waals surface area contributed by atoms with Crippen molar-refractivity contribution in [3.8, 4) is 0 Å². The molecular weight excluding hydrogens is 301 g/mol. The SMILES string of the molecule is COBN1CCC[C@@H]1c1csc(N(C)C(=O)OC(C)(C)C)n1. The number of carbonyl (C=O) groups excluding carboxylic acids is 1. The molecule has 8 heteroatoms. The summed E-state index contributed by atoms with van der Waals surface area (Å²) in [5.74, 6) is 0. The van der Waals surface area contributed by atoms with E-state index in [0.717, 1.165) is 25.1 Å². The molecule has 1 aromatic rings. The van der Waals surface area contributed by atoms with Crippen LogP contribution in [-0.4, -0.2) is 49.8 Å². The summed E-state index contributed by atoms with van der Waals surface area (Å²) in [5.41, 5.74) is 0.497. The number of hydrogen-bond donors (Lipinski definition) is 0. The minimum atomic E-state index is -0.508. The molecule has 6 nitrogen and oxygen atoms in total. The molecule has 0 aliphatic carbocycles. The number of amides is 1. The van der Waals surface area contributed by atoms with Gasteiger partial charge in [0.25, 0.3) is 0 Å². The first-order chi connectivity index (χ1) is 10.3. The Morgan fingerprint density at radius 3 is 2.91 bits per heavy atom. The summed E-state index contributed by atoms with van der Waals surface area (Å²) in [6.45, 7) is 6.58. The van der Waals surface area contributed by atoms with Crippen LogP contribution in [0.4, 0.5) is 9.93 Å². The second kappa shape index (κ2) is 6.98. The normalized spacial score (nSPS) is 19.2. The van der Waals surface area contributed by atoms with Crippen LogP contribution in [0.15, 0.2) is 5.38 Å². The van der Waals surface area contributed by atoms with E-state index in [1.54, 1.807) is 14.2 Å². The second-order valence-electron chi connectivity index (χ2n) is 6.48. The van der Waals surface area contributed by atoms with Crippen LogP contribution in [0.5, 0.6) is 0 Å². The smallest absolute Gasteiger partial charge is 0.416 e. The number of thiazole rings is 1. The maximum atomic E-state index is 12.1. The van der Waals surface area contributed by atoms with Gasteiger partial charge in [-0.15, -0.1) is 11.3 Å². The first-order valence-corrected chi connectivity index (χ1v) is 8.35. The van der Waals surface area contributed by atoms with Crippen LogP contribution in [0, 0.1) is 0 Å². The van der Waals surface area contributed by atoms with Gasteiger partial charge in [-0.2, -0.15) is 0 Å². The van der Waals surface area contributed by atoms with Gasteiger partial charge in [0.15, 0.2) is 5.13 Å². The third-order valence-corrected chi connectivity index (χ3v) is 4.40. The molecule has 1 fully saturated rings. The molecule has 0 N–H and O–H groups in total. The Kier molecular flexibility index (Phi) is 5.47. The fourth-order valence-corrected chi connectivity index (χ4v) is 3.30. The Hall–Kier alpha value is -1.12. The topological polar surface area (TPSA) is 54.9 Å². The van der Waals surface area contributed by atoms with E-state index in [2.05, 4.69) is 9.79 Å². The van der Waals surface area contributed by atoms with Crippen LogP contribution in [0.3, 0.4) is 0 Å². The Balaban J connectivity index is 2.06. The average molecular weight is 325 g/mol. The van der Waals surface area contributed by atoms with Crippen molar-refractivity contribution >= 4 is 30.2 Å². The number of anilines is 1. The van der Waals surface area contributed by atoms with Gasteiger partial charge in [0, 0.05) is 25.6 Å². The molecule has 22 heavy (non-hydrogen) atoms. The summed E-state index contributed by atoms with van der Waals surface area (Å²) in [6, 6.07) is 0.275. The Morgan fingerprint density at radius 1 is 1.55 bits per heavy atom.